The number of carbonyl (C=O) groups excluding carboxylic acids is 1. The van der Waals surface area contributed by atoms with E-state index in [1.165, 1.54) is 0 Å². The zero-order chi connectivity index (χ0) is 12.3. The van der Waals surface area contributed by atoms with Crippen molar-refractivity contribution >= 4 is 17.5 Å². The van der Waals surface area contributed by atoms with E-state index in [9.17, 15) is 4.79 Å². The molecule has 0 aromatic heterocycles. The predicted molar refractivity (Wildman–Crippen MR) is 66.3 cm³/mol. The summed E-state index contributed by atoms with van der Waals surface area (Å²) in [4.78, 5) is 11.2. The number of rotatable bonds is 4. The number of hydrogen-bond acceptors (Lipinski definition) is 2. The molecule has 3 N–H and O–H groups in total. The Bertz CT molecular complexity index is 390. The molecule has 1 aromatic rings. The Morgan fingerprint density at radius 2 is 2.12 bits per heavy atom. The van der Waals surface area contributed by atoms with Crippen molar-refractivity contribution in [2.45, 2.75) is 32.4 Å². The van der Waals surface area contributed by atoms with Gasteiger partial charge in [0.05, 0.1) is 5.54 Å². The van der Waals surface area contributed by atoms with Gasteiger partial charge >= 0.3 is 0 Å². The molecule has 0 heterocycles. The molecule has 0 bridgehead atoms. The lowest BCUT2D eigenvalue weighted by Gasteiger charge is -2.27. The van der Waals surface area contributed by atoms with Crippen LogP contribution in [0, 0.1) is 0 Å². The lowest BCUT2D eigenvalue weighted by atomic mass is 10.0. The summed E-state index contributed by atoms with van der Waals surface area (Å²) >= 11 is 5.90. The van der Waals surface area contributed by atoms with E-state index in [1.807, 2.05) is 31.2 Å². The Kier molecular flexibility index (Phi) is 3.94. The molecule has 0 spiro atoms. The van der Waals surface area contributed by atoms with Gasteiger partial charge in [0.15, 0.2) is 0 Å². The Morgan fingerprint density at radius 3 is 2.62 bits per heavy atom. The van der Waals surface area contributed by atoms with Crippen molar-refractivity contribution in [3.8, 4) is 0 Å². The normalized spacial score (nSPS) is 13.5. The number of nitrogens with one attached hydrogen (secondary N) is 1. The van der Waals surface area contributed by atoms with Crippen molar-refractivity contribution in [1.82, 2.24) is 5.32 Å². The van der Waals surface area contributed by atoms with Gasteiger partial charge in [-0.05, 0) is 38.5 Å². The third kappa shape index (κ3) is 3.22. The number of hydrogen-bond donors (Lipinski definition) is 2. The summed E-state index contributed by atoms with van der Waals surface area (Å²) in [7, 11) is 0. The molecule has 0 fully saturated rings. The lowest BCUT2D eigenvalue weighted by molar-refractivity contribution is -0.123. The summed E-state index contributed by atoms with van der Waals surface area (Å²) < 4.78 is 0. The van der Waals surface area contributed by atoms with Gasteiger partial charge < -0.3 is 5.73 Å². The molecule has 1 atom stereocenters. The fraction of sp³-hybridized carbons (Fsp3) is 0.417. The first-order chi connectivity index (χ1) is 7.33. The Morgan fingerprint density at radius 1 is 1.50 bits per heavy atom. The Balaban J connectivity index is 2.80. The predicted octanol–water partition coefficient (Wildman–Crippen LogP) is 2.25. The number of halogens is 1. The first-order valence-corrected chi connectivity index (χ1v) is 5.54. The van der Waals surface area contributed by atoms with Crippen molar-refractivity contribution in [3.05, 3.63) is 34.9 Å². The molecular weight excluding hydrogens is 224 g/mol. The average molecular weight is 241 g/mol. The van der Waals surface area contributed by atoms with Crippen LogP contribution in [0.25, 0.3) is 0 Å². The van der Waals surface area contributed by atoms with Gasteiger partial charge in [-0.25, -0.2) is 0 Å². The molecule has 1 amide bonds. The molecule has 4 heteroatoms. The second-order valence-corrected chi connectivity index (χ2v) is 4.85. The summed E-state index contributed by atoms with van der Waals surface area (Å²) in [6, 6.07) is 7.54. The molecule has 1 aromatic carbocycles. The van der Waals surface area contributed by atoms with Crippen molar-refractivity contribution < 1.29 is 4.79 Å². The van der Waals surface area contributed by atoms with Crippen molar-refractivity contribution in [3.63, 3.8) is 0 Å². The van der Waals surface area contributed by atoms with E-state index in [0.717, 1.165) is 5.56 Å². The minimum atomic E-state index is -0.734. The number of benzene rings is 1. The van der Waals surface area contributed by atoms with E-state index < -0.39 is 5.54 Å². The van der Waals surface area contributed by atoms with Crippen LogP contribution in [0.4, 0.5) is 0 Å². The number of amides is 1. The van der Waals surface area contributed by atoms with Gasteiger partial charge in [0.1, 0.15) is 0 Å². The fourth-order valence-electron chi connectivity index (χ4n) is 1.47. The van der Waals surface area contributed by atoms with Crippen LogP contribution in [-0.2, 0) is 4.79 Å². The molecule has 16 heavy (non-hydrogen) atoms. The molecule has 0 aliphatic rings. The van der Waals surface area contributed by atoms with Crippen LogP contribution in [0.5, 0.6) is 0 Å². The third-order valence-electron chi connectivity index (χ3n) is 2.54. The lowest BCUT2D eigenvalue weighted by Crippen LogP contribution is -2.51. The minimum absolute atomic E-state index is 0.0150. The molecule has 0 saturated carbocycles. The highest BCUT2D eigenvalue weighted by Crippen LogP contribution is 2.19. The first kappa shape index (κ1) is 13.0. The zero-order valence-electron chi connectivity index (χ0n) is 9.75. The van der Waals surface area contributed by atoms with E-state index >= 15 is 0 Å². The first-order valence-electron chi connectivity index (χ1n) is 5.16. The van der Waals surface area contributed by atoms with E-state index in [4.69, 9.17) is 17.3 Å². The fourth-order valence-corrected chi connectivity index (χ4v) is 1.67. The van der Waals surface area contributed by atoms with Gasteiger partial charge in [0.25, 0.3) is 0 Å². The molecule has 1 unspecified atom stereocenters. The highest BCUT2D eigenvalue weighted by Gasteiger charge is 2.26. The topological polar surface area (TPSA) is 55.1 Å². The quantitative estimate of drug-likeness (QED) is 0.848. The van der Waals surface area contributed by atoms with Crippen LogP contribution in [0.1, 0.15) is 32.4 Å². The van der Waals surface area contributed by atoms with E-state index in [-0.39, 0.29) is 11.9 Å². The Labute approximate surface area is 101 Å². The second-order valence-electron chi connectivity index (χ2n) is 4.41. The number of carbonyl (C=O) groups is 1. The SMILES string of the molecule is CC(NC(C)(C)C(N)=O)c1cccc(Cl)c1. The molecular formula is C12H17ClN2O. The van der Waals surface area contributed by atoms with Gasteiger partial charge in [-0.3, -0.25) is 10.1 Å². The van der Waals surface area contributed by atoms with Crippen molar-refractivity contribution in [2.75, 3.05) is 0 Å². The van der Waals surface area contributed by atoms with Gasteiger partial charge in [0.2, 0.25) is 5.91 Å². The van der Waals surface area contributed by atoms with Crippen LogP contribution in [0.2, 0.25) is 5.02 Å². The maximum absolute atomic E-state index is 11.2. The standard InChI is InChI=1S/C12H17ClN2O/c1-8(15-12(2,3)11(14)16)9-5-4-6-10(13)7-9/h4-8,15H,1-3H3,(H2,14,16). The molecule has 0 aliphatic carbocycles. The highest BCUT2D eigenvalue weighted by molar-refractivity contribution is 6.30. The second kappa shape index (κ2) is 4.85. The van der Waals surface area contributed by atoms with Crippen LogP contribution < -0.4 is 11.1 Å². The summed E-state index contributed by atoms with van der Waals surface area (Å²) in [5.41, 5.74) is 5.59. The summed E-state index contributed by atoms with van der Waals surface area (Å²) in [6.07, 6.45) is 0. The van der Waals surface area contributed by atoms with Crippen LogP contribution in [-0.4, -0.2) is 11.4 Å². The van der Waals surface area contributed by atoms with E-state index in [2.05, 4.69) is 5.32 Å². The zero-order valence-corrected chi connectivity index (χ0v) is 10.5. The van der Waals surface area contributed by atoms with Gasteiger partial charge in [-0.1, -0.05) is 23.7 Å². The average Bonchev–Trinajstić information content (AvgIpc) is 2.16. The van der Waals surface area contributed by atoms with Gasteiger partial charge in [-0.15, -0.1) is 0 Å². The van der Waals surface area contributed by atoms with Gasteiger partial charge in [0, 0.05) is 11.1 Å². The van der Waals surface area contributed by atoms with Crippen molar-refractivity contribution in [1.29, 1.82) is 0 Å². The molecule has 88 valence electrons. The molecule has 0 radical (unpaired) electrons. The molecule has 3 nitrogen and oxygen atoms in total. The van der Waals surface area contributed by atoms with Crippen LogP contribution >= 0.6 is 11.6 Å². The van der Waals surface area contributed by atoms with Crippen LogP contribution in [0.15, 0.2) is 24.3 Å². The number of primary amides is 1. The van der Waals surface area contributed by atoms with E-state index in [0.29, 0.717) is 5.02 Å². The number of nitrogens with two attached hydrogens (primary N) is 1. The van der Waals surface area contributed by atoms with Gasteiger partial charge in [-0.2, -0.15) is 0 Å². The smallest absolute Gasteiger partial charge is 0.237 e. The monoisotopic (exact) mass is 240 g/mol. The Hall–Kier alpha value is -1.06. The maximum atomic E-state index is 11.2. The molecule has 0 saturated heterocycles. The summed E-state index contributed by atoms with van der Waals surface area (Å²) in [6.45, 7) is 5.49. The van der Waals surface area contributed by atoms with Crippen LogP contribution in [0.3, 0.4) is 0 Å². The molecule has 1 rings (SSSR count). The van der Waals surface area contributed by atoms with Crippen molar-refractivity contribution in [2.24, 2.45) is 5.73 Å². The third-order valence-corrected chi connectivity index (χ3v) is 2.78. The van der Waals surface area contributed by atoms with E-state index in [1.54, 1.807) is 13.8 Å². The largest absolute Gasteiger partial charge is 0.368 e. The highest BCUT2D eigenvalue weighted by atomic mass is 35.5. The minimum Gasteiger partial charge on any atom is -0.368 e. The summed E-state index contributed by atoms with van der Waals surface area (Å²) in [5.74, 6) is -0.374. The summed E-state index contributed by atoms with van der Waals surface area (Å²) in [5, 5.41) is 3.85. The maximum Gasteiger partial charge on any atom is 0.237 e. The molecule has 0 aliphatic heterocycles.